The predicted molar refractivity (Wildman–Crippen MR) is 68.0 cm³/mol. The molecule has 2 aromatic rings. The molecule has 0 radical (unpaired) electrons. The number of carboxylic acids is 1. The van der Waals surface area contributed by atoms with E-state index in [9.17, 15) is 9.18 Å². The Balaban J connectivity index is 2.18. The second-order valence-corrected chi connectivity index (χ2v) is 4.96. The van der Waals surface area contributed by atoms with Crippen molar-refractivity contribution in [3.8, 4) is 10.6 Å². The number of carboxylic acid groups (broad SMARTS) is 1. The van der Waals surface area contributed by atoms with Crippen LogP contribution in [0.25, 0.3) is 10.6 Å². The van der Waals surface area contributed by atoms with Crippen LogP contribution in [0.15, 0.2) is 29.6 Å². The van der Waals surface area contributed by atoms with Gasteiger partial charge in [-0.15, -0.1) is 11.3 Å². The number of thiazole rings is 1. The van der Waals surface area contributed by atoms with E-state index in [1.165, 1.54) is 23.5 Å². The topological polar surface area (TPSA) is 50.2 Å². The van der Waals surface area contributed by atoms with Gasteiger partial charge in [-0.3, -0.25) is 4.79 Å². The van der Waals surface area contributed by atoms with Crippen LogP contribution in [0.1, 0.15) is 12.6 Å². The van der Waals surface area contributed by atoms with Gasteiger partial charge in [-0.1, -0.05) is 19.1 Å². The van der Waals surface area contributed by atoms with Gasteiger partial charge in [0.05, 0.1) is 11.6 Å². The molecule has 3 nitrogen and oxygen atoms in total. The van der Waals surface area contributed by atoms with Crippen LogP contribution < -0.4 is 0 Å². The molecule has 0 amide bonds. The van der Waals surface area contributed by atoms with Gasteiger partial charge in [0.2, 0.25) is 0 Å². The average Bonchev–Trinajstić information content (AvgIpc) is 2.77. The first-order chi connectivity index (χ1) is 8.56. The highest BCUT2D eigenvalue weighted by Gasteiger charge is 2.14. The molecule has 1 N–H and O–H groups in total. The Bertz CT molecular complexity index is 568. The second kappa shape index (κ2) is 5.27. The van der Waals surface area contributed by atoms with Crippen molar-refractivity contribution in [1.82, 2.24) is 4.98 Å². The fourth-order valence-corrected chi connectivity index (χ4v) is 2.39. The smallest absolute Gasteiger partial charge is 0.306 e. The Morgan fingerprint density at radius 2 is 2.33 bits per heavy atom. The van der Waals surface area contributed by atoms with Crippen molar-refractivity contribution in [3.63, 3.8) is 0 Å². The standard InChI is InChI=1S/C13H12FNO2S/c1-8(13(16)17)5-11-7-18-12(15-11)9-3-2-4-10(14)6-9/h2-4,6-8H,5H2,1H3,(H,16,17). The number of aromatic nitrogens is 1. The molecule has 0 aliphatic heterocycles. The van der Waals surface area contributed by atoms with Crippen LogP contribution in [-0.2, 0) is 11.2 Å². The lowest BCUT2D eigenvalue weighted by Gasteiger charge is -2.02. The first kappa shape index (κ1) is 12.7. The average molecular weight is 265 g/mol. The Morgan fingerprint density at radius 3 is 3.00 bits per heavy atom. The quantitative estimate of drug-likeness (QED) is 0.923. The molecule has 1 unspecified atom stereocenters. The summed E-state index contributed by atoms with van der Waals surface area (Å²) in [4.78, 5) is 15.1. The molecule has 0 aliphatic carbocycles. The second-order valence-electron chi connectivity index (χ2n) is 4.10. The van der Waals surface area contributed by atoms with Crippen molar-refractivity contribution in [2.75, 3.05) is 0 Å². The molecule has 5 heteroatoms. The molecule has 0 bridgehead atoms. The summed E-state index contributed by atoms with van der Waals surface area (Å²) in [6, 6.07) is 6.21. The van der Waals surface area contributed by atoms with Gasteiger partial charge in [0.1, 0.15) is 10.8 Å². The number of aliphatic carboxylic acids is 1. The van der Waals surface area contributed by atoms with Crippen LogP contribution in [0.2, 0.25) is 0 Å². The van der Waals surface area contributed by atoms with Crippen molar-refractivity contribution in [2.45, 2.75) is 13.3 Å². The molecule has 0 saturated heterocycles. The lowest BCUT2D eigenvalue weighted by molar-refractivity contribution is -0.141. The van der Waals surface area contributed by atoms with E-state index in [1.807, 2.05) is 5.38 Å². The summed E-state index contributed by atoms with van der Waals surface area (Å²) in [5.74, 6) is -1.61. The number of nitrogens with zero attached hydrogens (tertiary/aromatic N) is 1. The highest BCUT2D eigenvalue weighted by atomic mass is 32.1. The summed E-state index contributed by atoms with van der Waals surface area (Å²) in [6.07, 6.45) is 0.390. The first-order valence-corrected chi connectivity index (χ1v) is 6.37. The van der Waals surface area contributed by atoms with Gasteiger partial charge in [0.15, 0.2) is 0 Å². The van der Waals surface area contributed by atoms with Gasteiger partial charge >= 0.3 is 5.97 Å². The van der Waals surface area contributed by atoms with Gasteiger partial charge in [0.25, 0.3) is 0 Å². The van der Waals surface area contributed by atoms with E-state index in [2.05, 4.69) is 4.98 Å². The van der Waals surface area contributed by atoms with Crippen molar-refractivity contribution in [2.24, 2.45) is 5.92 Å². The summed E-state index contributed by atoms with van der Waals surface area (Å²) >= 11 is 1.39. The van der Waals surface area contributed by atoms with E-state index in [-0.39, 0.29) is 5.82 Å². The van der Waals surface area contributed by atoms with Crippen LogP contribution in [0, 0.1) is 11.7 Å². The molecule has 0 spiro atoms. The maximum atomic E-state index is 13.1. The van der Waals surface area contributed by atoms with Crippen LogP contribution >= 0.6 is 11.3 Å². The van der Waals surface area contributed by atoms with Crippen LogP contribution in [0.5, 0.6) is 0 Å². The minimum Gasteiger partial charge on any atom is -0.481 e. The van der Waals surface area contributed by atoms with E-state index < -0.39 is 11.9 Å². The molecule has 94 valence electrons. The Labute approximate surface area is 108 Å². The monoisotopic (exact) mass is 265 g/mol. The minimum absolute atomic E-state index is 0.303. The van der Waals surface area contributed by atoms with Gasteiger partial charge in [-0.05, 0) is 12.1 Å². The molecule has 0 aliphatic rings. The maximum Gasteiger partial charge on any atom is 0.306 e. The summed E-state index contributed by atoms with van der Waals surface area (Å²) in [5.41, 5.74) is 1.45. The fourth-order valence-electron chi connectivity index (χ4n) is 1.56. The Kier molecular flexibility index (Phi) is 3.72. The molecule has 1 atom stereocenters. The van der Waals surface area contributed by atoms with Crippen molar-refractivity contribution in [3.05, 3.63) is 41.2 Å². The third kappa shape index (κ3) is 2.92. The predicted octanol–water partition coefficient (Wildman–Crippen LogP) is 3.21. The van der Waals surface area contributed by atoms with E-state index >= 15 is 0 Å². The number of benzene rings is 1. The molecule has 0 saturated carbocycles. The third-order valence-electron chi connectivity index (χ3n) is 2.56. The number of hydrogen-bond donors (Lipinski definition) is 1. The number of halogens is 1. The zero-order valence-electron chi connectivity index (χ0n) is 9.76. The molecule has 18 heavy (non-hydrogen) atoms. The highest BCUT2D eigenvalue weighted by Crippen LogP contribution is 2.25. The number of hydrogen-bond acceptors (Lipinski definition) is 3. The van der Waals surface area contributed by atoms with E-state index in [0.717, 1.165) is 5.69 Å². The molecular formula is C13H12FNO2S. The zero-order chi connectivity index (χ0) is 13.1. The van der Waals surface area contributed by atoms with Crippen LogP contribution in [0.3, 0.4) is 0 Å². The molecule has 2 rings (SSSR count). The van der Waals surface area contributed by atoms with Gasteiger partial charge in [-0.2, -0.15) is 0 Å². The van der Waals surface area contributed by atoms with E-state index in [1.54, 1.807) is 19.1 Å². The molecule has 0 fully saturated rings. The van der Waals surface area contributed by atoms with Gasteiger partial charge in [-0.25, -0.2) is 9.37 Å². The molecular weight excluding hydrogens is 253 g/mol. The summed E-state index contributed by atoms with van der Waals surface area (Å²) in [5, 5.41) is 11.4. The largest absolute Gasteiger partial charge is 0.481 e. The van der Waals surface area contributed by atoms with E-state index in [4.69, 9.17) is 5.11 Å². The molecule has 1 heterocycles. The van der Waals surface area contributed by atoms with Crippen molar-refractivity contribution < 1.29 is 14.3 Å². The number of carbonyl (C=O) groups is 1. The minimum atomic E-state index is -0.838. The molecule has 1 aromatic carbocycles. The maximum absolute atomic E-state index is 13.1. The van der Waals surface area contributed by atoms with Crippen molar-refractivity contribution >= 4 is 17.3 Å². The third-order valence-corrected chi connectivity index (χ3v) is 3.50. The Morgan fingerprint density at radius 1 is 1.56 bits per heavy atom. The normalized spacial score (nSPS) is 12.3. The number of rotatable bonds is 4. The summed E-state index contributed by atoms with van der Waals surface area (Å²) in [6.45, 7) is 1.64. The van der Waals surface area contributed by atoms with E-state index in [0.29, 0.717) is 17.0 Å². The lowest BCUT2D eigenvalue weighted by atomic mass is 10.1. The fraction of sp³-hybridized carbons (Fsp3) is 0.231. The van der Waals surface area contributed by atoms with Gasteiger partial charge in [0, 0.05) is 17.4 Å². The highest BCUT2D eigenvalue weighted by molar-refractivity contribution is 7.13. The summed E-state index contributed by atoms with van der Waals surface area (Å²) < 4.78 is 13.1. The van der Waals surface area contributed by atoms with Crippen LogP contribution in [0.4, 0.5) is 4.39 Å². The van der Waals surface area contributed by atoms with Gasteiger partial charge < -0.3 is 5.11 Å². The Hall–Kier alpha value is -1.75. The van der Waals surface area contributed by atoms with Crippen molar-refractivity contribution in [1.29, 1.82) is 0 Å². The SMILES string of the molecule is CC(Cc1csc(-c2cccc(F)c2)n1)C(=O)O. The van der Waals surface area contributed by atoms with Crippen LogP contribution in [-0.4, -0.2) is 16.1 Å². The summed E-state index contributed by atoms with van der Waals surface area (Å²) in [7, 11) is 0. The lowest BCUT2D eigenvalue weighted by Crippen LogP contribution is -2.12. The zero-order valence-corrected chi connectivity index (χ0v) is 10.6. The molecule has 1 aromatic heterocycles. The first-order valence-electron chi connectivity index (χ1n) is 5.49.